The lowest BCUT2D eigenvalue weighted by Crippen LogP contribution is -2.48. The normalized spacial score (nSPS) is 20.0. The van der Waals surface area contributed by atoms with Crippen molar-refractivity contribution in [2.75, 3.05) is 0 Å². The van der Waals surface area contributed by atoms with Crippen LogP contribution in [0.2, 0.25) is 0 Å². The Balaban J connectivity index is 2.63. The largest absolute Gasteiger partial charge is 0.480 e. The molecule has 1 rings (SSSR count). The number of rotatable bonds is 4. The van der Waals surface area contributed by atoms with Crippen molar-refractivity contribution < 1.29 is 14.7 Å². The molecule has 0 saturated heterocycles. The van der Waals surface area contributed by atoms with Gasteiger partial charge >= 0.3 is 5.97 Å². The van der Waals surface area contributed by atoms with Gasteiger partial charge in [0.2, 0.25) is 5.91 Å². The summed E-state index contributed by atoms with van der Waals surface area (Å²) in [5.74, 6) is 1.02. The fraction of sp³-hybridized carbons (Fsp3) is 0.692. The quantitative estimate of drug-likeness (QED) is 0.729. The first-order chi connectivity index (χ1) is 7.99. The minimum absolute atomic E-state index is 0.0250. The van der Waals surface area contributed by atoms with E-state index in [1.165, 1.54) is 0 Å². The van der Waals surface area contributed by atoms with E-state index in [0.717, 1.165) is 32.1 Å². The molecule has 0 aromatic heterocycles. The Hall–Kier alpha value is -1.50. The van der Waals surface area contributed by atoms with E-state index in [-0.39, 0.29) is 12.3 Å². The average Bonchev–Trinajstić information content (AvgIpc) is 2.29. The molecule has 0 spiro atoms. The van der Waals surface area contributed by atoms with Crippen molar-refractivity contribution in [1.29, 1.82) is 0 Å². The van der Waals surface area contributed by atoms with Crippen LogP contribution in [0.25, 0.3) is 0 Å². The van der Waals surface area contributed by atoms with Gasteiger partial charge in [0.15, 0.2) is 0 Å². The number of amides is 1. The maximum Gasteiger partial charge on any atom is 0.327 e. The van der Waals surface area contributed by atoms with Crippen molar-refractivity contribution in [3.05, 3.63) is 0 Å². The standard InChI is InChI=1S/C13H19NO3/c1-3-7-10(11(15)16)14-12(17)13(2)8-5-4-6-9-13/h1,10H,4-9H2,2H3,(H,14,17)(H,15,16). The third-order valence-electron chi connectivity index (χ3n) is 3.43. The molecular formula is C13H19NO3. The lowest BCUT2D eigenvalue weighted by molar-refractivity contribution is -0.144. The van der Waals surface area contributed by atoms with Crippen LogP contribution in [0, 0.1) is 17.8 Å². The Bertz CT molecular complexity index is 337. The molecule has 2 N–H and O–H groups in total. The molecule has 4 nitrogen and oxygen atoms in total. The van der Waals surface area contributed by atoms with Gasteiger partial charge in [-0.15, -0.1) is 12.3 Å². The molecule has 1 atom stereocenters. The van der Waals surface area contributed by atoms with E-state index in [9.17, 15) is 9.59 Å². The molecule has 17 heavy (non-hydrogen) atoms. The predicted molar refractivity (Wildman–Crippen MR) is 64.2 cm³/mol. The van der Waals surface area contributed by atoms with E-state index in [4.69, 9.17) is 11.5 Å². The summed E-state index contributed by atoms with van der Waals surface area (Å²) in [6.07, 6.45) is 9.95. The Morgan fingerprint density at radius 2 is 2.00 bits per heavy atom. The first-order valence-electron chi connectivity index (χ1n) is 5.97. The molecule has 94 valence electrons. The van der Waals surface area contributed by atoms with Gasteiger partial charge in [-0.3, -0.25) is 4.79 Å². The van der Waals surface area contributed by atoms with Crippen LogP contribution >= 0.6 is 0 Å². The lowest BCUT2D eigenvalue weighted by Gasteiger charge is -2.32. The van der Waals surface area contributed by atoms with Crippen LogP contribution in [0.5, 0.6) is 0 Å². The van der Waals surface area contributed by atoms with E-state index in [1.807, 2.05) is 6.92 Å². The molecule has 0 aromatic rings. The zero-order valence-corrected chi connectivity index (χ0v) is 10.2. The van der Waals surface area contributed by atoms with Crippen molar-refractivity contribution in [3.63, 3.8) is 0 Å². The topological polar surface area (TPSA) is 66.4 Å². The molecule has 1 aliphatic carbocycles. The van der Waals surface area contributed by atoms with Gasteiger partial charge in [0.25, 0.3) is 0 Å². The van der Waals surface area contributed by atoms with Crippen molar-refractivity contribution in [2.24, 2.45) is 5.41 Å². The van der Waals surface area contributed by atoms with Gasteiger partial charge in [-0.25, -0.2) is 4.79 Å². The van der Waals surface area contributed by atoms with Crippen LogP contribution in [0.1, 0.15) is 45.4 Å². The lowest BCUT2D eigenvalue weighted by atomic mass is 9.75. The van der Waals surface area contributed by atoms with E-state index >= 15 is 0 Å². The Morgan fingerprint density at radius 1 is 1.41 bits per heavy atom. The first kappa shape index (κ1) is 13.6. The number of hydrogen-bond donors (Lipinski definition) is 2. The van der Waals surface area contributed by atoms with Gasteiger partial charge < -0.3 is 10.4 Å². The molecule has 1 unspecified atom stereocenters. The number of terminal acetylenes is 1. The van der Waals surface area contributed by atoms with Gasteiger partial charge in [0.05, 0.1) is 0 Å². The van der Waals surface area contributed by atoms with E-state index in [1.54, 1.807) is 0 Å². The predicted octanol–water partition coefficient (Wildman–Crippen LogP) is 1.55. The average molecular weight is 237 g/mol. The van der Waals surface area contributed by atoms with Crippen LogP contribution in [-0.4, -0.2) is 23.0 Å². The molecule has 4 heteroatoms. The second kappa shape index (κ2) is 5.72. The smallest absolute Gasteiger partial charge is 0.327 e. The summed E-state index contributed by atoms with van der Waals surface area (Å²) in [6.45, 7) is 1.90. The number of aliphatic carboxylic acids is 1. The fourth-order valence-corrected chi connectivity index (χ4v) is 2.21. The van der Waals surface area contributed by atoms with Crippen molar-refractivity contribution in [2.45, 2.75) is 51.5 Å². The highest BCUT2D eigenvalue weighted by Gasteiger charge is 2.36. The van der Waals surface area contributed by atoms with Crippen LogP contribution in [0.3, 0.4) is 0 Å². The van der Waals surface area contributed by atoms with Gasteiger partial charge in [0.1, 0.15) is 6.04 Å². The van der Waals surface area contributed by atoms with Gasteiger partial charge in [-0.05, 0) is 12.8 Å². The van der Waals surface area contributed by atoms with Gasteiger partial charge in [0, 0.05) is 11.8 Å². The van der Waals surface area contributed by atoms with Gasteiger partial charge in [-0.2, -0.15) is 0 Å². The summed E-state index contributed by atoms with van der Waals surface area (Å²) in [7, 11) is 0. The van der Waals surface area contributed by atoms with Crippen LogP contribution in [0.4, 0.5) is 0 Å². The number of hydrogen-bond acceptors (Lipinski definition) is 2. The van der Waals surface area contributed by atoms with Gasteiger partial charge in [-0.1, -0.05) is 26.2 Å². The van der Waals surface area contributed by atoms with E-state index in [0.29, 0.717) is 0 Å². The maximum atomic E-state index is 12.1. The van der Waals surface area contributed by atoms with E-state index < -0.39 is 17.4 Å². The summed E-state index contributed by atoms with van der Waals surface area (Å²) in [5, 5.41) is 11.5. The molecule has 1 saturated carbocycles. The summed E-state index contributed by atoms with van der Waals surface area (Å²) in [5.41, 5.74) is -0.430. The SMILES string of the molecule is C#CCC(NC(=O)C1(C)CCCCC1)C(=O)O. The molecule has 0 heterocycles. The van der Waals surface area contributed by atoms with Crippen LogP contribution in [-0.2, 0) is 9.59 Å². The Labute approximate surface area is 102 Å². The fourth-order valence-electron chi connectivity index (χ4n) is 2.21. The first-order valence-corrected chi connectivity index (χ1v) is 5.97. The Morgan fingerprint density at radius 3 is 2.47 bits per heavy atom. The second-order valence-corrected chi connectivity index (χ2v) is 4.89. The van der Waals surface area contributed by atoms with Crippen molar-refractivity contribution >= 4 is 11.9 Å². The van der Waals surface area contributed by atoms with Crippen molar-refractivity contribution in [1.82, 2.24) is 5.32 Å². The summed E-state index contributed by atoms with van der Waals surface area (Å²) in [6, 6.07) is -0.966. The van der Waals surface area contributed by atoms with E-state index in [2.05, 4.69) is 11.2 Å². The summed E-state index contributed by atoms with van der Waals surface area (Å²) >= 11 is 0. The van der Waals surface area contributed by atoms with Crippen LogP contribution < -0.4 is 5.32 Å². The number of carboxylic acid groups (broad SMARTS) is 1. The molecular weight excluding hydrogens is 218 g/mol. The number of carbonyl (C=O) groups excluding carboxylic acids is 1. The van der Waals surface area contributed by atoms with Crippen molar-refractivity contribution in [3.8, 4) is 12.3 Å². The zero-order chi connectivity index (χ0) is 12.9. The molecule has 1 aliphatic rings. The minimum Gasteiger partial charge on any atom is -0.480 e. The number of nitrogens with one attached hydrogen (secondary N) is 1. The highest BCUT2D eigenvalue weighted by molar-refractivity contribution is 5.87. The summed E-state index contributed by atoms with van der Waals surface area (Å²) < 4.78 is 0. The third-order valence-corrected chi connectivity index (χ3v) is 3.43. The highest BCUT2D eigenvalue weighted by atomic mass is 16.4. The highest BCUT2D eigenvalue weighted by Crippen LogP contribution is 2.35. The molecule has 0 bridgehead atoms. The monoisotopic (exact) mass is 237 g/mol. The second-order valence-electron chi connectivity index (χ2n) is 4.89. The third kappa shape index (κ3) is 3.48. The molecule has 1 amide bonds. The Kier molecular flexibility index (Phi) is 4.56. The zero-order valence-electron chi connectivity index (χ0n) is 10.2. The molecule has 0 radical (unpaired) electrons. The molecule has 1 fully saturated rings. The van der Waals surface area contributed by atoms with Crippen LogP contribution in [0.15, 0.2) is 0 Å². The number of carboxylic acids is 1. The number of carbonyl (C=O) groups is 2. The maximum absolute atomic E-state index is 12.1. The molecule has 0 aliphatic heterocycles. The molecule has 0 aromatic carbocycles. The summed E-state index contributed by atoms with van der Waals surface area (Å²) in [4.78, 5) is 23.0. The minimum atomic E-state index is -1.07.